The Labute approximate surface area is 126 Å². The number of hydrogen-bond acceptors (Lipinski definition) is 4. The molecule has 1 aromatic carbocycles. The lowest BCUT2D eigenvalue weighted by Crippen LogP contribution is -1.95. The largest absolute Gasteiger partial charge is 0.465 e. The Morgan fingerprint density at radius 1 is 1.27 bits per heavy atom. The van der Waals surface area contributed by atoms with E-state index in [9.17, 15) is 9.50 Å². The molecular weight excluding hydrogens is 285 g/mol. The van der Waals surface area contributed by atoms with E-state index >= 15 is 0 Å². The van der Waals surface area contributed by atoms with Crippen molar-refractivity contribution in [2.24, 2.45) is 0 Å². The standard InChI is InChI=1S/C16H14FN3O2/c17-13-3-1-11(2-4-13)7-12-8-14(22-9-12)5-6-15(21)16-18-10-19-20-16/h1-6,8-10,15,21H,7H2,(H,18,19,20). The first-order valence-corrected chi connectivity index (χ1v) is 6.74. The van der Waals surface area contributed by atoms with E-state index in [0.717, 1.165) is 11.1 Å². The SMILES string of the molecule is OC(C=Cc1cc(Cc2ccc(F)cc2)co1)c1ncn[nH]1. The van der Waals surface area contributed by atoms with Crippen molar-refractivity contribution >= 4 is 6.08 Å². The van der Waals surface area contributed by atoms with Crippen LogP contribution in [-0.2, 0) is 6.42 Å². The average molecular weight is 299 g/mol. The zero-order valence-corrected chi connectivity index (χ0v) is 11.6. The molecule has 0 aliphatic rings. The fraction of sp³-hybridized carbons (Fsp3) is 0.125. The molecule has 112 valence electrons. The van der Waals surface area contributed by atoms with E-state index in [1.807, 2.05) is 6.07 Å². The zero-order chi connectivity index (χ0) is 15.4. The van der Waals surface area contributed by atoms with Crippen molar-refractivity contribution in [1.29, 1.82) is 0 Å². The summed E-state index contributed by atoms with van der Waals surface area (Å²) in [5.41, 5.74) is 1.97. The number of aliphatic hydroxyl groups excluding tert-OH is 1. The Hall–Kier alpha value is -2.73. The second kappa shape index (κ2) is 6.36. The average Bonchev–Trinajstić information content (AvgIpc) is 3.19. The molecule has 2 heterocycles. The lowest BCUT2D eigenvalue weighted by molar-refractivity contribution is 0.219. The molecule has 2 aromatic heterocycles. The van der Waals surface area contributed by atoms with Crippen molar-refractivity contribution in [2.75, 3.05) is 0 Å². The minimum Gasteiger partial charge on any atom is -0.465 e. The summed E-state index contributed by atoms with van der Waals surface area (Å²) in [6.45, 7) is 0. The minimum absolute atomic E-state index is 0.249. The van der Waals surface area contributed by atoms with Gasteiger partial charge in [0.1, 0.15) is 24.0 Å². The van der Waals surface area contributed by atoms with E-state index in [4.69, 9.17) is 4.42 Å². The van der Waals surface area contributed by atoms with Crippen LogP contribution in [0.5, 0.6) is 0 Å². The number of rotatable bonds is 5. The van der Waals surface area contributed by atoms with Gasteiger partial charge in [0, 0.05) is 6.42 Å². The summed E-state index contributed by atoms with van der Waals surface area (Å²) in [5, 5.41) is 16.1. The molecule has 0 aliphatic heterocycles. The van der Waals surface area contributed by atoms with Gasteiger partial charge in [-0.05, 0) is 41.5 Å². The maximum Gasteiger partial charge on any atom is 0.157 e. The number of aliphatic hydroxyl groups is 1. The predicted molar refractivity (Wildman–Crippen MR) is 78.3 cm³/mol. The van der Waals surface area contributed by atoms with E-state index in [1.165, 1.54) is 18.5 Å². The summed E-state index contributed by atoms with van der Waals surface area (Å²) in [6, 6.07) is 8.22. The van der Waals surface area contributed by atoms with Gasteiger partial charge in [0.15, 0.2) is 5.82 Å². The second-order valence-corrected chi connectivity index (χ2v) is 4.84. The molecule has 0 radical (unpaired) electrons. The van der Waals surface area contributed by atoms with Gasteiger partial charge in [-0.25, -0.2) is 9.37 Å². The van der Waals surface area contributed by atoms with Crippen LogP contribution in [0.3, 0.4) is 0 Å². The third kappa shape index (κ3) is 3.48. The third-order valence-electron chi connectivity index (χ3n) is 3.15. The molecule has 2 N–H and O–H groups in total. The van der Waals surface area contributed by atoms with Crippen LogP contribution in [0.15, 0.2) is 53.4 Å². The van der Waals surface area contributed by atoms with Crippen LogP contribution in [-0.4, -0.2) is 20.3 Å². The van der Waals surface area contributed by atoms with Crippen LogP contribution in [0.1, 0.15) is 28.8 Å². The fourth-order valence-electron chi connectivity index (χ4n) is 2.05. The van der Waals surface area contributed by atoms with Crippen LogP contribution < -0.4 is 0 Å². The van der Waals surface area contributed by atoms with Gasteiger partial charge in [0.25, 0.3) is 0 Å². The molecule has 0 aliphatic carbocycles. The van der Waals surface area contributed by atoms with Gasteiger partial charge in [0.05, 0.1) is 6.26 Å². The molecule has 3 aromatic rings. The number of halogens is 1. The summed E-state index contributed by atoms with van der Waals surface area (Å²) in [7, 11) is 0. The monoisotopic (exact) mass is 299 g/mol. The van der Waals surface area contributed by atoms with Gasteiger partial charge in [-0.3, -0.25) is 5.10 Å². The summed E-state index contributed by atoms with van der Waals surface area (Å²) in [6.07, 6.45) is 5.99. The molecule has 1 unspecified atom stereocenters. The van der Waals surface area contributed by atoms with Crippen molar-refractivity contribution in [2.45, 2.75) is 12.5 Å². The first-order chi connectivity index (χ1) is 10.7. The van der Waals surface area contributed by atoms with E-state index < -0.39 is 6.10 Å². The maximum atomic E-state index is 12.9. The normalized spacial score (nSPS) is 12.8. The maximum absolute atomic E-state index is 12.9. The number of benzene rings is 1. The minimum atomic E-state index is -0.867. The van der Waals surface area contributed by atoms with Crippen LogP contribution in [0.4, 0.5) is 4.39 Å². The summed E-state index contributed by atoms with van der Waals surface area (Å²) in [4.78, 5) is 3.87. The lowest BCUT2D eigenvalue weighted by Gasteiger charge is -1.98. The molecule has 1 atom stereocenters. The highest BCUT2D eigenvalue weighted by Gasteiger charge is 2.07. The molecule has 0 spiro atoms. The number of nitrogens with one attached hydrogen (secondary N) is 1. The van der Waals surface area contributed by atoms with Gasteiger partial charge in [-0.15, -0.1) is 0 Å². The molecule has 0 saturated carbocycles. The van der Waals surface area contributed by atoms with Crippen LogP contribution >= 0.6 is 0 Å². The number of nitrogens with zero attached hydrogens (tertiary/aromatic N) is 2. The highest BCUT2D eigenvalue weighted by atomic mass is 19.1. The molecule has 0 amide bonds. The van der Waals surface area contributed by atoms with Gasteiger partial charge >= 0.3 is 0 Å². The zero-order valence-electron chi connectivity index (χ0n) is 11.6. The molecule has 5 nitrogen and oxygen atoms in total. The number of furan rings is 1. The molecule has 22 heavy (non-hydrogen) atoms. The Kier molecular flexibility index (Phi) is 4.11. The molecule has 0 bridgehead atoms. The number of aromatic nitrogens is 3. The van der Waals surface area contributed by atoms with Gasteiger partial charge in [-0.1, -0.05) is 12.1 Å². The van der Waals surface area contributed by atoms with Crippen molar-refractivity contribution in [3.05, 3.63) is 77.5 Å². The molecular formula is C16H14FN3O2. The Balaban J connectivity index is 1.64. The highest BCUT2D eigenvalue weighted by molar-refractivity contribution is 5.45. The van der Waals surface area contributed by atoms with Crippen LogP contribution in [0.2, 0.25) is 0 Å². The molecule has 6 heteroatoms. The first kappa shape index (κ1) is 14.2. The van der Waals surface area contributed by atoms with Crippen molar-refractivity contribution in [1.82, 2.24) is 15.2 Å². The topological polar surface area (TPSA) is 74.9 Å². The summed E-state index contributed by atoms with van der Waals surface area (Å²) < 4.78 is 18.3. The Morgan fingerprint density at radius 2 is 2.09 bits per heavy atom. The lowest BCUT2D eigenvalue weighted by atomic mass is 10.1. The van der Waals surface area contributed by atoms with Crippen LogP contribution in [0.25, 0.3) is 6.08 Å². The third-order valence-corrected chi connectivity index (χ3v) is 3.15. The summed E-state index contributed by atoms with van der Waals surface area (Å²) in [5.74, 6) is 0.742. The molecule has 0 fully saturated rings. The Bertz CT molecular complexity index is 748. The van der Waals surface area contributed by atoms with Crippen LogP contribution in [0, 0.1) is 5.82 Å². The smallest absolute Gasteiger partial charge is 0.157 e. The summed E-state index contributed by atoms with van der Waals surface area (Å²) >= 11 is 0. The van der Waals surface area contributed by atoms with Crippen molar-refractivity contribution in [3.63, 3.8) is 0 Å². The van der Waals surface area contributed by atoms with E-state index in [1.54, 1.807) is 30.5 Å². The van der Waals surface area contributed by atoms with Gasteiger partial charge in [0.2, 0.25) is 0 Å². The number of hydrogen-bond donors (Lipinski definition) is 2. The highest BCUT2D eigenvalue weighted by Crippen LogP contribution is 2.16. The predicted octanol–water partition coefficient (Wildman–Crippen LogP) is 2.87. The number of aromatic amines is 1. The Morgan fingerprint density at radius 3 is 2.82 bits per heavy atom. The quantitative estimate of drug-likeness (QED) is 0.759. The van der Waals surface area contributed by atoms with E-state index in [-0.39, 0.29) is 5.82 Å². The molecule has 0 saturated heterocycles. The van der Waals surface area contributed by atoms with E-state index in [2.05, 4.69) is 15.2 Å². The van der Waals surface area contributed by atoms with Crippen molar-refractivity contribution in [3.8, 4) is 0 Å². The van der Waals surface area contributed by atoms with E-state index in [0.29, 0.717) is 18.0 Å². The number of H-pyrrole nitrogens is 1. The first-order valence-electron chi connectivity index (χ1n) is 6.74. The van der Waals surface area contributed by atoms with Crippen molar-refractivity contribution < 1.29 is 13.9 Å². The fourth-order valence-corrected chi connectivity index (χ4v) is 2.05. The second-order valence-electron chi connectivity index (χ2n) is 4.84. The van der Waals surface area contributed by atoms with Gasteiger partial charge < -0.3 is 9.52 Å². The van der Waals surface area contributed by atoms with Gasteiger partial charge in [-0.2, -0.15) is 5.10 Å². The molecule has 3 rings (SSSR count).